The van der Waals surface area contributed by atoms with E-state index in [1.165, 1.54) is 24.4 Å². The predicted octanol–water partition coefficient (Wildman–Crippen LogP) is 4.75. The SMILES string of the molecule is CCCCOc1ccc(OCC(=O)N/N=C/c2ccc(OC(=O)c3ccccc3F)cc2)cc1. The van der Waals surface area contributed by atoms with Gasteiger partial charge in [0, 0.05) is 0 Å². The van der Waals surface area contributed by atoms with Gasteiger partial charge in [0.1, 0.15) is 23.1 Å². The van der Waals surface area contributed by atoms with Crippen LogP contribution in [0, 0.1) is 5.82 Å². The quantitative estimate of drug-likeness (QED) is 0.145. The second-order valence-corrected chi connectivity index (χ2v) is 7.19. The molecule has 176 valence electrons. The van der Waals surface area contributed by atoms with Crippen molar-refractivity contribution < 1.29 is 28.2 Å². The molecule has 7 nitrogen and oxygen atoms in total. The van der Waals surface area contributed by atoms with Crippen LogP contribution in [-0.2, 0) is 4.79 Å². The molecule has 0 radical (unpaired) electrons. The minimum atomic E-state index is -0.787. The smallest absolute Gasteiger partial charge is 0.346 e. The fourth-order valence-electron chi connectivity index (χ4n) is 2.74. The average molecular weight is 464 g/mol. The van der Waals surface area contributed by atoms with E-state index in [0.29, 0.717) is 17.9 Å². The van der Waals surface area contributed by atoms with Crippen LogP contribution in [0.25, 0.3) is 0 Å². The Balaban J connectivity index is 1.41. The molecule has 3 aromatic rings. The Kier molecular flexibility index (Phi) is 9.16. The Morgan fingerprint density at radius 1 is 0.912 bits per heavy atom. The van der Waals surface area contributed by atoms with Gasteiger partial charge in [0.25, 0.3) is 5.91 Å². The van der Waals surface area contributed by atoms with Crippen LogP contribution in [0.1, 0.15) is 35.7 Å². The molecule has 0 aliphatic heterocycles. The van der Waals surface area contributed by atoms with Gasteiger partial charge in [0.15, 0.2) is 6.61 Å². The molecule has 0 saturated carbocycles. The number of unbranched alkanes of at least 4 members (excludes halogenated alkanes) is 1. The molecule has 1 amide bonds. The summed E-state index contributed by atoms with van der Waals surface area (Å²) in [7, 11) is 0. The lowest BCUT2D eigenvalue weighted by Gasteiger charge is -2.08. The molecule has 34 heavy (non-hydrogen) atoms. The number of esters is 1. The number of hydrogen-bond donors (Lipinski definition) is 1. The maximum atomic E-state index is 13.7. The highest BCUT2D eigenvalue weighted by molar-refractivity contribution is 5.91. The van der Waals surface area contributed by atoms with Crippen molar-refractivity contribution in [1.82, 2.24) is 5.43 Å². The van der Waals surface area contributed by atoms with Gasteiger partial charge in [-0.3, -0.25) is 4.79 Å². The number of nitrogens with zero attached hydrogens (tertiary/aromatic N) is 1. The van der Waals surface area contributed by atoms with E-state index in [2.05, 4.69) is 17.5 Å². The Morgan fingerprint density at radius 2 is 1.56 bits per heavy atom. The number of carbonyl (C=O) groups excluding carboxylic acids is 2. The van der Waals surface area contributed by atoms with Gasteiger partial charge in [-0.15, -0.1) is 0 Å². The van der Waals surface area contributed by atoms with Gasteiger partial charge < -0.3 is 14.2 Å². The highest BCUT2D eigenvalue weighted by atomic mass is 19.1. The minimum Gasteiger partial charge on any atom is -0.494 e. The Hall–Kier alpha value is -4.20. The van der Waals surface area contributed by atoms with Gasteiger partial charge in [-0.25, -0.2) is 14.6 Å². The molecule has 3 aromatic carbocycles. The van der Waals surface area contributed by atoms with Gasteiger partial charge in [-0.05, 0) is 72.6 Å². The van der Waals surface area contributed by atoms with Crippen molar-refractivity contribution in [2.75, 3.05) is 13.2 Å². The van der Waals surface area contributed by atoms with E-state index in [4.69, 9.17) is 14.2 Å². The third-order valence-corrected chi connectivity index (χ3v) is 4.55. The van der Waals surface area contributed by atoms with E-state index >= 15 is 0 Å². The fraction of sp³-hybridized carbons (Fsp3) is 0.192. The van der Waals surface area contributed by atoms with E-state index < -0.39 is 17.7 Å². The monoisotopic (exact) mass is 464 g/mol. The van der Waals surface area contributed by atoms with E-state index in [9.17, 15) is 14.0 Å². The second-order valence-electron chi connectivity index (χ2n) is 7.19. The van der Waals surface area contributed by atoms with Crippen LogP contribution < -0.4 is 19.6 Å². The van der Waals surface area contributed by atoms with Crippen molar-refractivity contribution in [3.63, 3.8) is 0 Å². The summed E-state index contributed by atoms with van der Waals surface area (Å²) in [6, 6.07) is 19.0. The maximum absolute atomic E-state index is 13.7. The zero-order chi connectivity index (χ0) is 24.2. The molecule has 0 aliphatic carbocycles. The van der Waals surface area contributed by atoms with Crippen LogP contribution in [0.2, 0.25) is 0 Å². The molecule has 0 aromatic heterocycles. The van der Waals surface area contributed by atoms with Crippen LogP contribution in [0.5, 0.6) is 17.2 Å². The van der Waals surface area contributed by atoms with Crippen LogP contribution in [0.15, 0.2) is 77.9 Å². The van der Waals surface area contributed by atoms with Crippen molar-refractivity contribution in [2.24, 2.45) is 5.10 Å². The first-order valence-electron chi connectivity index (χ1n) is 10.8. The number of benzene rings is 3. The van der Waals surface area contributed by atoms with Gasteiger partial charge in [0.2, 0.25) is 0 Å². The standard InChI is InChI=1S/C26H25FN2O5/c1-2-3-16-32-20-12-14-21(15-13-20)33-18-25(30)29-28-17-19-8-10-22(11-9-19)34-26(31)23-6-4-5-7-24(23)27/h4-15,17H,2-3,16,18H2,1H3,(H,29,30)/b28-17+. The Morgan fingerprint density at radius 3 is 2.24 bits per heavy atom. The lowest BCUT2D eigenvalue weighted by atomic mass is 10.2. The average Bonchev–Trinajstić information content (AvgIpc) is 2.85. The molecular formula is C26H25FN2O5. The molecule has 0 bridgehead atoms. The molecule has 1 N–H and O–H groups in total. The Labute approximate surface area is 197 Å². The number of rotatable bonds is 11. The number of hydrazone groups is 1. The van der Waals surface area contributed by atoms with Crippen molar-refractivity contribution in [2.45, 2.75) is 19.8 Å². The lowest BCUT2D eigenvalue weighted by molar-refractivity contribution is -0.123. The normalized spacial score (nSPS) is 10.6. The molecule has 0 fully saturated rings. The first kappa shape index (κ1) is 24.4. The van der Waals surface area contributed by atoms with Crippen molar-refractivity contribution in [3.05, 3.63) is 89.7 Å². The molecule has 0 saturated heterocycles. The maximum Gasteiger partial charge on any atom is 0.346 e. The molecule has 0 heterocycles. The summed E-state index contributed by atoms with van der Waals surface area (Å²) in [5, 5.41) is 3.88. The van der Waals surface area contributed by atoms with Crippen molar-refractivity contribution in [3.8, 4) is 17.2 Å². The number of nitrogens with one attached hydrogen (secondary N) is 1. The van der Waals surface area contributed by atoms with E-state index in [0.717, 1.165) is 18.6 Å². The highest BCUT2D eigenvalue weighted by Crippen LogP contribution is 2.18. The van der Waals surface area contributed by atoms with Crippen LogP contribution in [0.4, 0.5) is 4.39 Å². The molecule has 0 unspecified atom stereocenters. The summed E-state index contributed by atoms with van der Waals surface area (Å²) in [4.78, 5) is 24.0. The Bertz CT molecular complexity index is 1110. The van der Waals surface area contributed by atoms with Gasteiger partial charge in [0.05, 0.1) is 18.4 Å². The zero-order valence-electron chi connectivity index (χ0n) is 18.7. The predicted molar refractivity (Wildman–Crippen MR) is 126 cm³/mol. The number of halogens is 1. The van der Waals surface area contributed by atoms with Crippen LogP contribution in [-0.4, -0.2) is 31.3 Å². The summed E-state index contributed by atoms with van der Waals surface area (Å²) in [5.74, 6) is -0.306. The molecule has 8 heteroatoms. The minimum absolute atomic E-state index is 0.144. The van der Waals surface area contributed by atoms with Gasteiger partial charge in [-0.2, -0.15) is 5.10 Å². The number of hydrogen-bond acceptors (Lipinski definition) is 6. The van der Waals surface area contributed by atoms with Crippen LogP contribution in [0.3, 0.4) is 0 Å². The summed E-state index contributed by atoms with van der Waals surface area (Å²) in [5.41, 5.74) is 2.89. The van der Waals surface area contributed by atoms with Crippen molar-refractivity contribution >= 4 is 18.1 Å². The summed E-state index contributed by atoms with van der Waals surface area (Å²) in [6.45, 7) is 2.57. The zero-order valence-corrected chi connectivity index (χ0v) is 18.7. The molecule has 0 aliphatic rings. The third kappa shape index (κ3) is 7.74. The number of carbonyl (C=O) groups is 2. The van der Waals surface area contributed by atoms with E-state index in [1.807, 2.05) is 0 Å². The molecule has 0 atom stereocenters. The second kappa shape index (κ2) is 12.7. The van der Waals surface area contributed by atoms with Crippen molar-refractivity contribution in [1.29, 1.82) is 0 Å². The van der Waals surface area contributed by atoms with E-state index in [1.54, 1.807) is 54.6 Å². The number of amides is 1. The lowest BCUT2D eigenvalue weighted by Crippen LogP contribution is -2.24. The molecular weight excluding hydrogens is 439 g/mol. The highest BCUT2D eigenvalue weighted by Gasteiger charge is 2.13. The van der Waals surface area contributed by atoms with E-state index in [-0.39, 0.29) is 17.9 Å². The largest absolute Gasteiger partial charge is 0.494 e. The fourth-order valence-corrected chi connectivity index (χ4v) is 2.74. The van der Waals surface area contributed by atoms with Gasteiger partial charge >= 0.3 is 5.97 Å². The summed E-state index contributed by atoms with van der Waals surface area (Å²) >= 11 is 0. The summed E-state index contributed by atoms with van der Waals surface area (Å²) in [6.07, 6.45) is 3.49. The molecule has 3 rings (SSSR count). The topological polar surface area (TPSA) is 86.2 Å². The summed E-state index contributed by atoms with van der Waals surface area (Å²) < 4.78 is 29.8. The van der Waals surface area contributed by atoms with Crippen LogP contribution >= 0.6 is 0 Å². The first-order chi connectivity index (χ1) is 16.5. The third-order valence-electron chi connectivity index (χ3n) is 4.55. The van der Waals surface area contributed by atoms with Gasteiger partial charge in [-0.1, -0.05) is 25.5 Å². The first-order valence-corrected chi connectivity index (χ1v) is 10.8. The number of ether oxygens (including phenoxy) is 3. The molecule has 0 spiro atoms.